The van der Waals surface area contributed by atoms with Gasteiger partial charge in [0.15, 0.2) is 0 Å². The first-order valence-electron chi connectivity index (χ1n) is 26.5. The summed E-state index contributed by atoms with van der Waals surface area (Å²) in [4.78, 5) is 62.0. The number of non-ortho nitro benzene ring substituents is 1. The normalized spacial score (nSPS) is 32.2. The molecule has 20 nitrogen and oxygen atoms in total. The van der Waals surface area contributed by atoms with Crippen molar-refractivity contribution in [2.45, 2.75) is 166 Å². The maximum atomic E-state index is 12.8. The number of ether oxygens (including phenoxy) is 9. The van der Waals surface area contributed by atoms with Gasteiger partial charge in [0, 0.05) is 54.5 Å². The fourth-order valence-electron chi connectivity index (χ4n) is 10.4. The fraction of sp³-hybridized carbons (Fsp3) is 0.745. The lowest BCUT2D eigenvalue weighted by atomic mass is 9.68. The Labute approximate surface area is 465 Å². The minimum absolute atomic E-state index is 0.00463. The van der Waals surface area contributed by atoms with E-state index in [9.17, 15) is 29.3 Å². The molecule has 3 amide bonds. The predicted octanol–water partition coefficient (Wildman–Crippen LogP) is 8.28. The zero-order chi connectivity index (χ0) is 58.0. The van der Waals surface area contributed by atoms with Gasteiger partial charge in [0.05, 0.1) is 41.4 Å². The number of rotatable bonds is 17. The molecule has 7 rings (SSSR count). The summed E-state index contributed by atoms with van der Waals surface area (Å²) in [6.07, 6.45) is 7.91. The minimum Gasteiger partial charge on any atom is -0.443 e. The summed E-state index contributed by atoms with van der Waals surface area (Å²) in [5.41, 5.74) is 3.98. The van der Waals surface area contributed by atoms with Gasteiger partial charge in [-0.1, -0.05) is 79.7 Å². The van der Waals surface area contributed by atoms with Crippen molar-refractivity contribution >= 4 is 53.0 Å². The first-order valence-corrected chi connectivity index (χ1v) is 27.5. The van der Waals surface area contributed by atoms with Crippen molar-refractivity contribution in [1.29, 1.82) is 0 Å². The van der Waals surface area contributed by atoms with E-state index in [-0.39, 0.29) is 87.8 Å². The Bertz CT molecular complexity index is 2190. The first kappa shape index (κ1) is 65.4. The molecule has 4 heterocycles. The second kappa shape index (κ2) is 27.8. The van der Waals surface area contributed by atoms with Gasteiger partial charge in [-0.3, -0.25) is 19.7 Å². The third-order valence-electron chi connectivity index (χ3n) is 15.0. The van der Waals surface area contributed by atoms with Crippen LogP contribution in [0.4, 0.5) is 15.3 Å². The number of epoxide rings is 4. The number of hydrogen-bond donors (Lipinski definition) is 2. The average Bonchev–Trinajstić information content (AvgIpc) is 4.25. The van der Waals surface area contributed by atoms with Crippen molar-refractivity contribution in [3.05, 3.63) is 58.7 Å². The number of amides is 3. The Kier molecular flexibility index (Phi) is 23.7. The smallest absolute Gasteiger partial charge is 0.443 e. The number of carbonyl (C=O) groups is 4. The van der Waals surface area contributed by atoms with E-state index in [4.69, 9.17) is 71.6 Å². The van der Waals surface area contributed by atoms with Crippen LogP contribution in [0.25, 0.3) is 0 Å². The standard InChI is InChI=1S/C24H40N2O6.C23H29NO8.C7H16N2O.CH2Cl2/c1-14(2)9-10-17-23(5,32-17)20-19(29-8)16(11-12-24(20)13-30-24)31-22(28)25-18(15(3)4)21(27)26(6)7;1-14(2)5-10-18-22(3,32-18)20-19(28-4)17(11-12-23(20)13-29-23)31-21(25)30-16-8-6-15(7-9-16)24(26)27;1-5(2)6(8)7(10)9(3)4;2-1-3/h9-10,14-20H,11-13H2,1-8H3,(H,25,28);5-10,14,17-20H,11-13H2,1-4H3;5-6H,8H2,1-4H3;1H2/b10-9+;10-5+;;/t16-,17-,18?,19-,20?,23-,24+;17-,18-,19-,20?,22-,23+;;/m11../s1. The largest absolute Gasteiger partial charge is 0.514 e. The van der Waals surface area contributed by atoms with E-state index in [1.165, 1.54) is 34.1 Å². The topological polar surface area (TPSA) is 252 Å². The number of nitrogens with two attached hydrogens (primary N) is 1. The van der Waals surface area contributed by atoms with Crippen LogP contribution in [0, 0.1) is 45.6 Å². The number of nitro groups is 1. The first-order chi connectivity index (χ1) is 36.0. The lowest BCUT2D eigenvalue weighted by Crippen LogP contribution is -2.57. The van der Waals surface area contributed by atoms with Crippen LogP contribution in [0.1, 0.15) is 94.9 Å². The summed E-state index contributed by atoms with van der Waals surface area (Å²) in [6.45, 7) is 21.6. The second-order valence-electron chi connectivity index (χ2n) is 22.7. The number of halogens is 2. The van der Waals surface area contributed by atoms with Crippen molar-refractivity contribution in [3.8, 4) is 5.75 Å². The summed E-state index contributed by atoms with van der Waals surface area (Å²) in [7, 11) is 10.0. The number of nitrogens with zero attached hydrogens (tertiary/aromatic N) is 3. The van der Waals surface area contributed by atoms with Gasteiger partial charge in [-0.05, 0) is 75.3 Å². The molecule has 1 aromatic carbocycles. The van der Waals surface area contributed by atoms with Crippen LogP contribution >= 0.6 is 23.2 Å². The van der Waals surface area contributed by atoms with Crippen molar-refractivity contribution < 1.29 is 66.7 Å². The van der Waals surface area contributed by atoms with Gasteiger partial charge in [0.2, 0.25) is 11.8 Å². The van der Waals surface area contributed by atoms with Crippen LogP contribution in [0.5, 0.6) is 5.75 Å². The highest BCUT2D eigenvalue weighted by Crippen LogP contribution is 2.60. The molecule has 3 N–H and O–H groups in total. The molecule has 1 aromatic rings. The predicted molar refractivity (Wildman–Crippen MR) is 292 cm³/mol. The van der Waals surface area contributed by atoms with Gasteiger partial charge in [0.1, 0.15) is 70.8 Å². The Morgan fingerprint density at radius 3 is 1.49 bits per heavy atom. The SMILES string of the molecule is CC(C)C(N)C(=O)N(C)C.CO[C@H]1C([C@]2(C)O[C@@H]2/C=C/C(C)C)[C@]2(CC[C@H]1OC(=O)NC(C(=O)N(C)C)C(C)C)CO2.CO[C@H]1C([C@]2(C)O[C@@H]2/C=C/C(C)C)[C@]2(CC[C@H]1OC(=O)Oc1ccc([N+](=O)[O-])cc1)CO2.ClCCl. The van der Waals surface area contributed by atoms with E-state index in [1.807, 2.05) is 27.7 Å². The molecule has 0 bridgehead atoms. The van der Waals surface area contributed by atoms with Crippen LogP contribution in [-0.2, 0) is 47.5 Å². The molecule has 4 saturated heterocycles. The summed E-state index contributed by atoms with van der Waals surface area (Å²) >= 11 is 9.53. The molecule has 6 aliphatic rings. The van der Waals surface area contributed by atoms with E-state index in [1.54, 1.807) is 42.4 Å². The lowest BCUT2D eigenvalue weighted by Gasteiger charge is -2.42. The van der Waals surface area contributed by atoms with Gasteiger partial charge in [-0.15, -0.1) is 23.2 Å². The number of carbonyl (C=O) groups excluding carboxylic acids is 4. The van der Waals surface area contributed by atoms with Gasteiger partial charge < -0.3 is 63.5 Å². The monoisotopic (exact) mass is 1130 g/mol. The summed E-state index contributed by atoms with van der Waals surface area (Å²) in [5, 5.41) is 13.7. The zero-order valence-electron chi connectivity index (χ0n) is 48.0. The van der Waals surface area contributed by atoms with E-state index in [0.717, 1.165) is 12.8 Å². The summed E-state index contributed by atoms with van der Waals surface area (Å²) in [5.74, 6) is 0.855. The highest BCUT2D eigenvalue weighted by molar-refractivity contribution is 6.40. The quantitative estimate of drug-likeness (QED) is 0.0283. The fourth-order valence-corrected chi connectivity index (χ4v) is 10.4. The van der Waals surface area contributed by atoms with E-state index in [0.29, 0.717) is 37.9 Å². The van der Waals surface area contributed by atoms with Crippen LogP contribution < -0.4 is 15.8 Å². The Hall–Kier alpha value is -4.12. The molecule has 2 aliphatic carbocycles. The summed E-state index contributed by atoms with van der Waals surface area (Å²) < 4.78 is 52.5. The summed E-state index contributed by atoms with van der Waals surface area (Å²) in [6, 6.07) is 4.24. The molecule has 0 aromatic heterocycles. The molecular weight excluding hydrogens is 1040 g/mol. The minimum atomic E-state index is -0.879. The molecular formula is C55H87Cl2N5O15. The number of nitrogens with one attached hydrogen (secondary N) is 1. The van der Waals surface area contributed by atoms with Crippen molar-refractivity contribution in [2.75, 3.05) is 61.0 Å². The molecule has 14 atom stereocenters. The Balaban J connectivity index is 0.000000271. The van der Waals surface area contributed by atoms with Gasteiger partial charge in [-0.2, -0.15) is 0 Å². The number of alkyl halides is 2. The molecule has 22 heteroatoms. The maximum Gasteiger partial charge on any atom is 0.514 e. The van der Waals surface area contributed by atoms with Crippen LogP contribution in [0.2, 0.25) is 0 Å². The third-order valence-corrected chi connectivity index (χ3v) is 15.0. The highest BCUT2D eigenvalue weighted by atomic mass is 35.5. The molecule has 2 saturated carbocycles. The Morgan fingerprint density at radius 1 is 0.753 bits per heavy atom. The average molecular weight is 1130 g/mol. The van der Waals surface area contributed by atoms with Crippen LogP contribution in [0.3, 0.4) is 0 Å². The molecule has 2 spiro atoms. The highest BCUT2D eigenvalue weighted by Gasteiger charge is 2.73. The van der Waals surface area contributed by atoms with E-state index in [2.05, 4.69) is 71.2 Å². The number of methoxy groups -OCH3 is 2. The van der Waals surface area contributed by atoms with Gasteiger partial charge >= 0.3 is 12.2 Å². The van der Waals surface area contributed by atoms with Crippen LogP contribution in [0.15, 0.2) is 48.6 Å². The third kappa shape index (κ3) is 17.0. The molecule has 436 valence electrons. The number of alkyl carbamates (subject to hydrolysis) is 1. The van der Waals surface area contributed by atoms with Gasteiger partial charge in [0.25, 0.3) is 5.69 Å². The Morgan fingerprint density at radius 2 is 1.17 bits per heavy atom. The van der Waals surface area contributed by atoms with E-state index < -0.39 is 52.7 Å². The van der Waals surface area contributed by atoms with Gasteiger partial charge in [-0.25, -0.2) is 9.59 Å². The number of hydrogen-bond acceptors (Lipinski definition) is 16. The maximum absolute atomic E-state index is 12.8. The lowest BCUT2D eigenvalue weighted by molar-refractivity contribution is -0.384. The van der Waals surface area contributed by atoms with Crippen molar-refractivity contribution in [1.82, 2.24) is 15.1 Å². The number of benzene rings is 1. The molecule has 4 aliphatic heterocycles. The van der Waals surface area contributed by atoms with Crippen LogP contribution in [-0.4, -0.2) is 171 Å². The number of likely N-dealkylation sites (N-methyl/N-ethyl adjacent to an activating group) is 2. The van der Waals surface area contributed by atoms with E-state index >= 15 is 0 Å². The second-order valence-corrected chi connectivity index (χ2v) is 23.6. The van der Waals surface area contributed by atoms with Crippen molar-refractivity contribution in [2.24, 2.45) is 41.2 Å². The number of allylic oxidation sites excluding steroid dienone is 2. The molecule has 77 heavy (non-hydrogen) atoms. The number of nitro benzene ring substituents is 1. The molecule has 4 unspecified atom stereocenters. The zero-order valence-corrected chi connectivity index (χ0v) is 49.5. The molecule has 6 fully saturated rings. The van der Waals surface area contributed by atoms with Crippen molar-refractivity contribution in [3.63, 3.8) is 0 Å². The molecule has 0 radical (unpaired) electrons.